The lowest BCUT2D eigenvalue weighted by Gasteiger charge is -2.18. The van der Waals surface area contributed by atoms with Gasteiger partial charge in [0.05, 0.1) is 19.1 Å². The zero-order valence-electron chi connectivity index (χ0n) is 9.96. The molecule has 2 atom stereocenters. The number of carboxylic acids is 1. The van der Waals surface area contributed by atoms with Crippen LogP contribution in [0, 0.1) is 5.92 Å². The van der Waals surface area contributed by atoms with E-state index >= 15 is 0 Å². The molecule has 0 spiro atoms. The van der Waals surface area contributed by atoms with Crippen LogP contribution in [-0.2, 0) is 4.79 Å². The van der Waals surface area contributed by atoms with Crippen molar-refractivity contribution in [3.05, 3.63) is 23.9 Å². The first-order valence-electron chi connectivity index (χ1n) is 5.51. The molecule has 0 fully saturated rings. The summed E-state index contributed by atoms with van der Waals surface area (Å²) in [5, 5.41) is 19.0. The van der Waals surface area contributed by atoms with Gasteiger partial charge >= 0.3 is 5.97 Å². The Kier molecular flexibility index (Phi) is 4.90. The van der Waals surface area contributed by atoms with Crippen molar-refractivity contribution in [2.24, 2.45) is 5.92 Å². The summed E-state index contributed by atoms with van der Waals surface area (Å²) in [7, 11) is 1.50. The number of ether oxygens (including phenoxy) is 1. The highest BCUT2D eigenvalue weighted by atomic mass is 16.5. The van der Waals surface area contributed by atoms with Gasteiger partial charge in [0.2, 0.25) is 5.88 Å². The largest absolute Gasteiger partial charge is 0.481 e. The fourth-order valence-corrected chi connectivity index (χ4v) is 1.65. The van der Waals surface area contributed by atoms with Crippen LogP contribution in [0.15, 0.2) is 18.3 Å². The maximum Gasteiger partial charge on any atom is 0.309 e. The molecule has 1 rings (SSSR count). The molecule has 0 saturated heterocycles. The minimum Gasteiger partial charge on any atom is -0.481 e. The predicted octanol–water partition coefficient (Wildman–Crippen LogP) is 1.62. The summed E-state index contributed by atoms with van der Waals surface area (Å²) in [5.74, 6) is -1.35. The number of carboxylic acid groups (broad SMARTS) is 1. The molecule has 0 aliphatic rings. The first kappa shape index (κ1) is 13.4. The molecule has 0 radical (unpaired) electrons. The summed E-state index contributed by atoms with van der Waals surface area (Å²) in [4.78, 5) is 15.0. The Morgan fingerprint density at radius 2 is 2.24 bits per heavy atom. The van der Waals surface area contributed by atoms with Gasteiger partial charge in [0.1, 0.15) is 0 Å². The first-order chi connectivity index (χ1) is 8.10. The Bertz CT molecular complexity index is 363. The van der Waals surface area contributed by atoms with Crippen molar-refractivity contribution in [3.63, 3.8) is 0 Å². The third-order valence-electron chi connectivity index (χ3n) is 2.61. The van der Waals surface area contributed by atoms with Crippen molar-refractivity contribution < 1.29 is 19.7 Å². The van der Waals surface area contributed by atoms with Gasteiger partial charge in [-0.1, -0.05) is 13.3 Å². The predicted molar refractivity (Wildman–Crippen MR) is 61.8 cm³/mol. The number of nitrogens with zero attached hydrogens (tertiary/aromatic N) is 1. The molecule has 2 N–H and O–H groups in total. The fourth-order valence-electron chi connectivity index (χ4n) is 1.65. The number of aliphatic carboxylic acids is 1. The molecule has 94 valence electrons. The van der Waals surface area contributed by atoms with Crippen molar-refractivity contribution in [3.8, 4) is 5.88 Å². The van der Waals surface area contributed by atoms with Crippen LogP contribution >= 0.6 is 0 Å². The Morgan fingerprint density at radius 3 is 2.65 bits per heavy atom. The second kappa shape index (κ2) is 6.20. The molecule has 0 bridgehead atoms. The van der Waals surface area contributed by atoms with Crippen LogP contribution in [0.2, 0.25) is 0 Å². The number of hydrogen-bond acceptors (Lipinski definition) is 4. The highest BCUT2D eigenvalue weighted by Gasteiger charge is 2.27. The maximum absolute atomic E-state index is 11.0. The van der Waals surface area contributed by atoms with E-state index in [0.717, 1.165) is 0 Å². The summed E-state index contributed by atoms with van der Waals surface area (Å²) < 4.78 is 4.90. The highest BCUT2D eigenvalue weighted by Crippen LogP contribution is 2.26. The van der Waals surface area contributed by atoms with E-state index in [1.807, 2.05) is 6.92 Å². The van der Waals surface area contributed by atoms with Crippen LogP contribution in [-0.4, -0.2) is 28.3 Å². The lowest BCUT2D eigenvalue weighted by Crippen LogP contribution is -2.22. The van der Waals surface area contributed by atoms with Gasteiger partial charge in [0.15, 0.2) is 0 Å². The second-order valence-electron chi connectivity index (χ2n) is 3.81. The molecule has 0 saturated carbocycles. The van der Waals surface area contributed by atoms with E-state index in [2.05, 4.69) is 4.98 Å². The van der Waals surface area contributed by atoms with Crippen LogP contribution in [0.1, 0.15) is 31.4 Å². The topological polar surface area (TPSA) is 79.7 Å². The highest BCUT2D eigenvalue weighted by molar-refractivity contribution is 5.71. The summed E-state index contributed by atoms with van der Waals surface area (Å²) in [6.07, 6.45) is 1.54. The molecule has 0 aliphatic carbocycles. The van der Waals surface area contributed by atoms with Crippen molar-refractivity contribution in [2.45, 2.75) is 25.9 Å². The summed E-state index contributed by atoms with van der Waals surface area (Å²) >= 11 is 0. The maximum atomic E-state index is 11.0. The molecule has 2 unspecified atom stereocenters. The van der Waals surface area contributed by atoms with Crippen LogP contribution in [0.5, 0.6) is 5.88 Å². The van der Waals surface area contributed by atoms with Crippen molar-refractivity contribution in [1.29, 1.82) is 0 Å². The van der Waals surface area contributed by atoms with Gasteiger partial charge in [-0.3, -0.25) is 4.79 Å². The molecule has 1 aromatic rings. The number of aromatic nitrogens is 1. The standard InChI is InChI=1S/C12H17NO4/c1-3-4-9(12(15)16)11(14)8-5-6-10(17-2)13-7-8/h5-7,9,11,14H,3-4H2,1-2H3,(H,15,16). The van der Waals surface area contributed by atoms with Gasteiger partial charge in [0, 0.05) is 12.3 Å². The Morgan fingerprint density at radius 1 is 1.53 bits per heavy atom. The lowest BCUT2D eigenvalue weighted by atomic mass is 9.93. The number of rotatable bonds is 6. The molecular formula is C12H17NO4. The van der Waals surface area contributed by atoms with E-state index in [1.54, 1.807) is 12.1 Å². The number of aliphatic hydroxyl groups is 1. The van der Waals surface area contributed by atoms with E-state index in [1.165, 1.54) is 13.3 Å². The van der Waals surface area contributed by atoms with Gasteiger partial charge in [-0.25, -0.2) is 4.98 Å². The van der Waals surface area contributed by atoms with Gasteiger partial charge in [-0.15, -0.1) is 0 Å². The zero-order chi connectivity index (χ0) is 12.8. The number of hydrogen-bond donors (Lipinski definition) is 2. The summed E-state index contributed by atoms with van der Waals surface area (Å²) in [6, 6.07) is 3.23. The summed E-state index contributed by atoms with van der Waals surface area (Å²) in [6.45, 7) is 1.88. The van der Waals surface area contributed by atoms with Gasteiger partial charge in [-0.2, -0.15) is 0 Å². The molecule has 1 aromatic heterocycles. The van der Waals surface area contributed by atoms with Crippen LogP contribution in [0.3, 0.4) is 0 Å². The summed E-state index contributed by atoms with van der Waals surface area (Å²) in [5.41, 5.74) is 0.492. The SMILES string of the molecule is CCCC(C(=O)O)C(O)c1ccc(OC)nc1. The van der Waals surface area contributed by atoms with Crippen molar-refractivity contribution in [1.82, 2.24) is 4.98 Å². The quantitative estimate of drug-likeness (QED) is 0.788. The Hall–Kier alpha value is -1.62. The van der Waals surface area contributed by atoms with Gasteiger partial charge < -0.3 is 14.9 Å². The van der Waals surface area contributed by atoms with E-state index < -0.39 is 18.0 Å². The average Bonchev–Trinajstić information content (AvgIpc) is 2.35. The van der Waals surface area contributed by atoms with Gasteiger partial charge in [0.25, 0.3) is 0 Å². The van der Waals surface area contributed by atoms with E-state index in [4.69, 9.17) is 9.84 Å². The molecule has 17 heavy (non-hydrogen) atoms. The van der Waals surface area contributed by atoms with Crippen LogP contribution in [0.4, 0.5) is 0 Å². The van der Waals surface area contributed by atoms with Crippen molar-refractivity contribution in [2.75, 3.05) is 7.11 Å². The Labute approximate surface area is 100 Å². The molecule has 5 nitrogen and oxygen atoms in total. The minimum atomic E-state index is -1.04. The minimum absolute atomic E-state index is 0.433. The van der Waals surface area contributed by atoms with E-state index in [0.29, 0.717) is 24.3 Å². The average molecular weight is 239 g/mol. The fraction of sp³-hybridized carbons (Fsp3) is 0.500. The number of pyridine rings is 1. The van der Waals surface area contributed by atoms with Gasteiger partial charge in [-0.05, 0) is 18.1 Å². The molecule has 0 aromatic carbocycles. The molecule has 5 heteroatoms. The molecule has 0 aliphatic heterocycles. The number of aliphatic hydroxyl groups excluding tert-OH is 1. The number of methoxy groups -OCH3 is 1. The third-order valence-corrected chi connectivity index (χ3v) is 2.61. The lowest BCUT2D eigenvalue weighted by molar-refractivity contribution is -0.146. The van der Waals surface area contributed by atoms with Crippen LogP contribution in [0.25, 0.3) is 0 Å². The van der Waals surface area contributed by atoms with Crippen LogP contribution < -0.4 is 4.74 Å². The number of carbonyl (C=O) groups is 1. The molecule has 0 amide bonds. The van der Waals surface area contributed by atoms with Crippen molar-refractivity contribution >= 4 is 5.97 Å². The monoisotopic (exact) mass is 239 g/mol. The second-order valence-corrected chi connectivity index (χ2v) is 3.81. The zero-order valence-corrected chi connectivity index (χ0v) is 9.96. The first-order valence-corrected chi connectivity index (χ1v) is 5.51. The smallest absolute Gasteiger partial charge is 0.309 e. The molecular weight excluding hydrogens is 222 g/mol. The normalized spacial score (nSPS) is 14.1. The van der Waals surface area contributed by atoms with E-state index in [-0.39, 0.29) is 0 Å². The molecule has 1 heterocycles. The van der Waals surface area contributed by atoms with E-state index in [9.17, 15) is 9.90 Å². The third kappa shape index (κ3) is 3.42. The Balaban J connectivity index is 2.84.